The van der Waals surface area contributed by atoms with Crippen LogP contribution in [0.25, 0.3) is 0 Å². The summed E-state index contributed by atoms with van der Waals surface area (Å²) in [6.45, 7) is 7.50. The molecule has 3 nitrogen and oxygen atoms in total. The van der Waals surface area contributed by atoms with Gasteiger partial charge in [-0.25, -0.2) is 0 Å². The van der Waals surface area contributed by atoms with Gasteiger partial charge in [-0.3, -0.25) is 4.79 Å². The zero-order valence-electron chi connectivity index (χ0n) is 16.2. The summed E-state index contributed by atoms with van der Waals surface area (Å²) in [5, 5.41) is 10.3. The molecule has 1 aliphatic rings. The van der Waals surface area contributed by atoms with E-state index in [2.05, 4.69) is 12.3 Å². The van der Waals surface area contributed by atoms with Gasteiger partial charge in [0.05, 0.1) is 5.41 Å². The highest BCUT2D eigenvalue weighted by Crippen LogP contribution is 2.75. The number of carbonyl (C=O) groups is 1. The molecule has 0 aromatic heterocycles. The van der Waals surface area contributed by atoms with Gasteiger partial charge in [-0.1, -0.05) is 74.0 Å². The van der Waals surface area contributed by atoms with Crippen molar-refractivity contribution in [2.45, 2.75) is 19.8 Å². The van der Waals surface area contributed by atoms with Crippen LogP contribution in [0.4, 0.5) is 0 Å². The predicted molar refractivity (Wildman–Crippen MR) is 117 cm³/mol. The number of halogens is 2. The van der Waals surface area contributed by atoms with E-state index in [1.807, 2.05) is 68.4 Å². The van der Waals surface area contributed by atoms with Crippen LogP contribution in [0, 0.1) is 16.7 Å². The molecule has 150 valence electrons. The molecule has 0 saturated heterocycles. The van der Waals surface area contributed by atoms with Crippen LogP contribution in [0.15, 0.2) is 83.6 Å². The zero-order chi connectivity index (χ0) is 21.2. The van der Waals surface area contributed by atoms with Crippen LogP contribution in [-0.2, 0) is 4.79 Å². The fourth-order valence-electron chi connectivity index (χ4n) is 4.44. The Morgan fingerprint density at radius 2 is 1.83 bits per heavy atom. The van der Waals surface area contributed by atoms with Gasteiger partial charge < -0.3 is 9.84 Å². The first-order valence-corrected chi connectivity index (χ1v) is 9.95. The first-order valence-electron chi connectivity index (χ1n) is 9.20. The lowest BCUT2D eigenvalue weighted by Gasteiger charge is -2.25. The first kappa shape index (κ1) is 21.3. The van der Waals surface area contributed by atoms with E-state index in [9.17, 15) is 9.90 Å². The molecule has 2 aromatic rings. The highest BCUT2D eigenvalue weighted by molar-refractivity contribution is 6.55. The van der Waals surface area contributed by atoms with E-state index in [1.165, 1.54) is 0 Å². The first-order chi connectivity index (χ1) is 13.7. The van der Waals surface area contributed by atoms with Crippen LogP contribution < -0.4 is 4.74 Å². The van der Waals surface area contributed by atoms with Crippen molar-refractivity contribution in [3.63, 3.8) is 0 Å². The summed E-state index contributed by atoms with van der Waals surface area (Å²) in [6.07, 6.45) is 3.32. The van der Waals surface area contributed by atoms with Crippen LogP contribution in [0.5, 0.6) is 11.5 Å². The summed E-state index contributed by atoms with van der Waals surface area (Å²) < 4.78 is 6.00. The third kappa shape index (κ3) is 3.74. The Morgan fingerprint density at radius 3 is 2.41 bits per heavy atom. The predicted octanol–water partition coefficient (Wildman–Crippen LogP) is 6.95. The molecule has 0 amide bonds. The second-order valence-corrected chi connectivity index (χ2v) is 8.67. The molecule has 1 fully saturated rings. The number of para-hydroxylation sites is 1. The standard InChI is InChI=1S/C24H22Cl2O3/c1-4-9-19(24(22(27)28)20(15-21(25)26)23(24,2)3)16-10-8-13-18(14-16)29-17-11-6-5-7-12-17/h5-15,19-20H,1H2,2-3H3,(H,27,28). The van der Waals surface area contributed by atoms with E-state index in [0.29, 0.717) is 11.5 Å². The maximum atomic E-state index is 12.5. The highest BCUT2D eigenvalue weighted by atomic mass is 35.5. The van der Waals surface area contributed by atoms with Gasteiger partial charge in [-0.15, -0.1) is 5.73 Å². The summed E-state index contributed by atoms with van der Waals surface area (Å²) in [4.78, 5) is 12.5. The third-order valence-corrected chi connectivity index (χ3v) is 6.12. The minimum atomic E-state index is -1.13. The van der Waals surface area contributed by atoms with Crippen molar-refractivity contribution in [3.8, 4) is 11.5 Å². The summed E-state index contributed by atoms with van der Waals surface area (Å²) in [6, 6.07) is 16.8. The Hall–Kier alpha value is -2.45. The van der Waals surface area contributed by atoms with Gasteiger partial charge in [0.2, 0.25) is 0 Å². The second-order valence-electron chi connectivity index (χ2n) is 7.67. The van der Waals surface area contributed by atoms with Crippen LogP contribution in [0.1, 0.15) is 25.3 Å². The minimum absolute atomic E-state index is 0.0636. The van der Waals surface area contributed by atoms with Crippen molar-refractivity contribution in [2.24, 2.45) is 16.7 Å². The number of hydrogen-bond acceptors (Lipinski definition) is 2. The number of carboxylic acid groups (broad SMARTS) is 1. The van der Waals surface area contributed by atoms with Gasteiger partial charge in [0.1, 0.15) is 16.0 Å². The summed E-state index contributed by atoms with van der Waals surface area (Å²) in [7, 11) is 0. The topological polar surface area (TPSA) is 46.5 Å². The Bertz CT molecular complexity index is 986. The maximum absolute atomic E-state index is 12.5. The summed E-state index contributed by atoms with van der Waals surface area (Å²) in [5.41, 5.74) is 1.89. The SMILES string of the molecule is C=C=CC(c1cccc(Oc2ccccc2)c1)C1(C(=O)O)C(C=C(Cl)Cl)C1(C)C. The van der Waals surface area contributed by atoms with Crippen molar-refractivity contribution in [3.05, 3.63) is 89.1 Å². The lowest BCUT2D eigenvalue weighted by Crippen LogP contribution is -2.28. The molecular weight excluding hydrogens is 407 g/mol. The molecule has 0 heterocycles. The number of rotatable bonds is 7. The average Bonchev–Trinajstić information content (AvgIpc) is 3.15. The molecule has 29 heavy (non-hydrogen) atoms. The largest absolute Gasteiger partial charge is 0.481 e. The van der Waals surface area contributed by atoms with Crippen molar-refractivity contribution in [1.29, 1.82) is 0 Å². The molecule has 3 atom stereocenters. The van der Waals surface area contributed by atoms with E-state index < -0.39 is 22.7 Å². The van der Waals surface area contributed by atoms with E-state index in [-0.39, 0.29) is 10.4 Å². The summed E-state index contributed by atoms with van der Waals surface area (Å²) >= 11 is 11.8. The minimum Gasteiger partial charge on any atom is -0.481 e. The smallest absolute Gasteiger partial charge is 0.311 e. The molecule has 0 radical (unpaired) electrons. The molecular formula is C24H22Cl2O3. The molecule has 1 saturated carbocycles. The Balaban J connectivity index is 2.06. The zero-order valence-corrected chi connectivity index (χ0v) is 17.7. The van der Waals surface area contributed by atoms with Gasteiger partial charge in [-0.05, 0) is 47.4 Å². The van der Waals surface area contributed by atoms with Crippen molar-refractivity contribution >= 4 is 29.2 Å². The van der Waals surface area contributed by atoms with E-state index >= 15 is 0 Å². The number of ether oxygens (including phenoxy) is 1. The van der Waals surface area contributed by atoms with E-state index in [1.54, 1.807) is 12.2 Å². The number of allylic oxidation sites excluding steroid dienone is 2. The maximum Gasteiger partial charge on any atom is 0.311 e. The number of aliphatic carboxylic acids is 1. The molecule has 2 aromatic carbocycles. The van der Waals surface area contributed by atoms with Crippen molar-refractivity contribution < 1.29 is 14.6 Å². The lowest BCUT2D eigenvalue weighted by atomic mass is 9.77. The summed E-state index contributed by atoms with van der Waals surface area (Å²) in [5.74, 6) is -0.414. The van der Waals surface area contributed by atoms with Gasteiger partial charge >= 0.3 is 5.97 Å². The molecule has 3 unspecified atom stereocenters. The average molecular weight is 429 g/mol. The highest BCUT2D eigenvalue weighted by Gasteiger charge is 2.77. The van der Waals surface area contributed by atoms with Crippen LogP contribution in [0.3, 0.4) is 0 Å². The van der Waals surface area contributed by atoms with Gasteiger partial charge in [0.15, 0.2) is 0 Å². The monoisotopic (exact) mass is 428 g/mol. The molecule has 1 N–H and O–H groups in total. The van der Waals surface area contributed by atoms with Crippen LogP contribution in [-0.4, -0.2) is 11.1 Å². The molecule has 0 bridgehead atoms. The molecule has 0 aliphatic heterocycles. The quantitative estimate of drug-likeness (QED) is 0.485. The fraction of sp³-hybridized carbons (Fsp3) is 0.250. The van der Waals surface area contributed by atoms with Crippen LogP contribution >= 0.6 is 23.2 Å². The van der Waals surface area contributed by atoms with Crippen molar-refractivity contribution in [1.82, 2.24) is 0 Å². The van der Waals surface area contributed by atoms with E-state index in [4.69, 9.17) is 27.9 Å². The number of carboxylic acids is 1. The second kappa shape index (κ2) is 8.12. The fourth-order valence-corrected chi connectivity index (χ4v) is 4.70. The number of benzene rings is 2. The molecule has 3 rings (SSSR count). The molecule has 0 spiro atoms. The molecule has 5 heteroatoms. The number of hydrogen-bond donors (Lipinski definition) is 1. The molecule has 1 aliphatic carbocycles. The Kier molecular flexibility index (Phi) is 5.95. The van der Waals surface area contributed by atoms with Gasteiger partial charge in [0, 0.05) is 11.8 Å². The van der Waals surface area contributed by atoms with Gasteiger partial charge in [0.25, 0.3) is 0 Å². The van der Waals surface area contributed by atoms with Gasteiger partial charge in [-0.2, -0.15) is 0 Å². The van der Waals surface area contributed by atoms with Crippen molar-refractivity contribution in [2.75, 3.05) is 0 Å². The third-order valence-electron chi connectivity index (χ3n) is 5.87. The van der Waals surface area contributed by atoms with E-state index in [0.717, 1.165) is 5.56 Å². The Labute approximate surface area is 180 Å². The Morgan fingerprint density at radius 1 is 1.17 bits per heavy atom. The normalized spacial score (nSPS) is 22.7. The lowest BCUT2D eigenvalue weighted by molar-refractivity contribution is -0.145. The van der Waals surface area contributed by atoms with Crippen LogP contribution in [0.2, 0.25) is 0 Å².